The topological polar surface area (TPSA) is 46.5 Å². The molecule has 0 saturated carbocycles. The van der Waals surface area contributed by atoms with Gasteiger partial charge in [-0.3, -0.25) is 4.79 Å². The molecule has 1 unspecified atom stereocenters. The second-order valence-corrected chi connectivity index (χ2v) is 3.30. The van der Waals surface area contributed by atoms with E-state index < -0.39 is 29.1 Å². The number of rotatable bonds is 4. The maximum Gasteiger partial charge on any atom is 0.311 e. The van der Waals surface area contributed by atoms with Gasteiger partial charge in [-0.1, -0.05) is 6.92 Å². The summed E-state index contributed by atoms with van der Waals surface area (Å²) in [5.41, 5.74) is -0.421. The monoisotopic (exact) mass is 230 g/mol. The normalized spacial score (nSPS) is 12.2. The molecule has 0 saturated heterocycles. The first-order valence-corrected chi connectivity index (χ1v) is 4.77. The summed E-state index contributed by atoms with van der Waals surface area (Å²) in [4.78, 5) is 10.8. The van der Waals surface area contributed by atoms with E-state index in [1.54, 1.807) is 6.92 Å². The van der Waals surface area contributed by atoms with E-state index in [2.05, 4.69) is 4.74 Å². The van der Waals surface area contributed by atoms with Crippen LogP contribution in [0.5, 0.6) is 5.75 Å². The molecular weight excluding hydrogens is 218 g/mol. The zero-order valence-corrected chi connectivity index (χ0v) is 8.96. The molecule has 1 atom stereocenters. The Morgan fingerprint density at radius 2 is 1.94 bits per heavy atom. The van der Waals surface area contributed by atoms with E-state index in [-0.39, 0.29) is 12.2 Å². The number of hydrogen-bond acceptors (Lipinski definition) is 2. The lowest BCUT2D eigenvalue weighted by molar-refractivity contribution is -0.139. The first-order valence-electron chi connectivity index (χ1n) is 4.77. The van der Waals surface area contributed by atoms with Gasteiger partial charge in [-0.2, -0.15) is 0 Å². The molecule has 0 aliphatic rings. The molecule has 1 aromatic carbocycles. The Morgan fingerprint density at radius 1 is 1.44 bits per heavy atom. The highest BCUT2D eigenvalue weighted by atomic mass is 19.1. The highest BCUT2D eigenvalue weighted by molar-refractivity contribution is 5.76. The predicted molar refractivity (Wildman–Crippen MR) is 53.6 cm³/mol. The Kier molecular flexibility index (Phi) is 3.82. The molecule has 1 aromatic rings. The van der Waals surface area contributed by atoms with Crippen LogP contribution in [0.15, 0.2) is 12.1 Å². The summed E-state index contributed by atoms with van der Waals surface area (Å²) >= 11 is 0. The van der Waals surface area contributed by atoms with E-state index in [4.69, 9.17) is 5.11 Å². The number of hydrogen-bond donors (Lipinski definition) is 1. The molecule has 3 nitrogen and oxygen atoms in total. The summed E-state index contributed by atoms with van der Waals surface area (Å²) in [6, 6.07) is 1.95. The van der Waals surface area contributed by atoms with Crippen LogP contribution in [0.2, 0.25) is 0 Å². The van der Waals surface area contributed by atoms with Crippen LogP contribution >= 0.6 is 0 Å². The molecule has 0 aromatic heterocycles. The molecule has 0 aliphatic heterocycles. The SMILES string of the molecule is CCC(C(=O)O)c1c(F)cc(OC)cc1F. The zero-order valence-electron chi connectivity index (χ0n) is 8.96. The van der Waals surface area contributed by atoms with Crippen molar-refractivity contribution in [3.05, 3.63) is 29.3 Å². The fourth-order valence-corrected chi connectivity index (χ4v) is 1.51. The molecule has 16 heavy (non-hydrogen) atoms. The van der Waals surface area contributed by atoms with Crippen LogP contribution in [0, 0.1) is 11.6 Å². The van der Waals surface area contributed by atoms with Crippen LogP contribution in [-0.2, 0) is 4.79 Å². The molecule has 5 heteroatoms. The Labute approximate surface area is 91.7 Å². The van der Waals surface area contributed by atoms with Crippen LogP contribution in [0.3, 0.4) is 0 Å². The van der Waals surface area contributed by atoms with E-state index in [1.165, 1.54) is 7.11 Å². The van der Waals surface area contributed by atoms with Gasteiger partial charge in [-0.05, 0) is 6.42 Å². The highest BCUT2D eigenvalue weighted by Gasteiger charge is 2.25. The van der Waals surface area contributed by atoms with E-state index in [1.807, 2.05) is 0 Å². The van der Waals surface area contributed by atoms with Crippen LogP contribution in [0.4, 0.5) is 8.78 Å². The molecule has 0 bridgehead atoms. The van der Waals surface area contributed by atoms with E-state index in [0.29, 0.717) is 0 Å². The third kappa shape index (κ3) is 2.29. The Balaban J connectivity index is 3.27. The third-order valence-electron chi connectivity index (χ3n) is 2.34. The second kappa shape index (κ2) is 4.92. The zero-order chi connectivity index (χ0) is 12.3. The molecule has 0 radical (unpaired) electrons. The Morgan fingerprint density at radius 3 is 2.25 bits per heavy atom. The summed E-state index contributed by atoms with van der Waals surface area (Å²) in [6.45, 7) is 1.56. The van der Waals surface area contributed by atoms with Gasteiger partial charge in [-0.15, -0.1) is 0 Å². The minimum Gasteiger partial charge on any atom is -0.497 e. The minimum absolute atomic E-state index is 0.0268. The number of carboxylic acids is 1. The summed E-state index contributed by atoms with van der Waals surface area (Å²) in [6.07, 6.45) is 0.121. The fourth-order valence-electron chi connectivity index (χ4n) is 1.51. The van der Waals surface area contributed by atoms with Crippen molar-refractivity contribution < 1.29 is 23.4 Å². The van der Waals surface area contributed by atoms with Crippen molar-refractivity contribution in [3.8, 4) is 5.75 Å². The Bertz CT molecular complexity index is 381. The first-order chi connectivity index (χ1) is 7.51. The molecule has 0 heterocycles. The van der Waals surface area contributed by atoms with Gasteiger partial charge in [0.25, 0.3) is 0 Å². The van der Waals surface area contributed by atoms with Gasteiger partial charge in [0.05, 0.1) is 13.0 Å². The number of ether oxygens (including phenoxy) is 1. The predicted octanol–water partition coefficient (Wildman–Crippen LogP) is 2.55. The highest BCUT2D eigenvalue weighted by Crippen LogP contribution is 2.29. The van der Waals surface area contributed by atoms with Crippen LogP contribution in [0.1, 0.15) is 24.8 Å². The van der Waals surface area contributed by atoms with Crippen LogP contribution in [-0.4, -0.2) is 18.2 Å². The van der Waals surface area contributed by atoms with E-state index in [9.17, 15) is 13.6 Å². The smallest absolute Gasteiger partial charge is 0.311 e. The molecule has 1 rings (SSSR count). The quantitative estimate of drug-likeness (QED) is 0.864. The fraction of sp³-hybridized carbons (Fsp3) is 0.364. The van der Waals surface area contributed by atoms with Crippen molar-refractivity contribution in [2.24, 2.45) is 0 Å². The van der Waals surface area contributed by atoms with Gasteiger partial charge in [-0.25, -0.2) is 8.78 Å². The standard InChI is InChI=1S/C11H12F2O3/c1-3-7(11(14)15)10-8(12)4-6(16-2)5-9(10)13/h4-5,7H,3H2,1-2H3,(H,14,15). The largest absolute Gasteiger partial charge is 0.497 e. The second-order valence-electron chi connectivity index (χ2n) is 3.30. The van der Waals surface area contributed by atoms with Crippen molar-refractivity contribution >= 4 is 5.97 Å². The number of carboxylic acid groups (broad SMARTS) is 1. The Hall–Kier alpha value is -1.65. The maximum absolute atomic E-state index is 13.5. The van der Waals surface area contributed by atoms with Crippen LogP contribution < -0.4 is 4.74 Å². The third-order valence-corrected chi connectivity index (χ3v) is 2.34. The molecular formula is C11H12F2O3. The number of carbonyl (C=O) groups is 1. The van der Waals surface area contributed by atoms with E-state index in [0.717, 1.165) is 12.1 Å². The number of halogens is 2. The summed E-state index contributed by atoms with van der Waals surface area (Å²) in [5.74, 6) is -4.19. The minimum atomic E-state index is -1.24. The van der Waals surface area contributed by atoms with Crippen LogP contribution in [0.25, 0.3) is 0 Å². The average Bonchev–Trinajstić information content (AvgIpc) is 2.22. The molecule has 0 spiro atoms. The molecule has 88 valence electrons. The number of aliphatic carboxylic acids is 1. The van der Waals surface area contributed by atoms with Gasteiger partial charge in [0.2, 0.25) is 0 Å². The van der Waals surface area contributed by atoms with Gasteiger partial charge < -0.3 is 9.84 Å². The van der Waals surface area contributed by atoms with Crippen molar-refractivity contribution in [2.75, 3.05) is 7.11 Å². The van der Waals surface area contributed by atoms with Gasteiger partial charge in [0.1, 0.15) is 17.4 Å². The molecule has 1 N–H and O–H groups in total. The molecule has 0 fully saturated rings. The van der Waals surface area contributed by atoms with Crippen molar-refractivity contribution in [1.82, 2.24) is 0 Å². The number of benzene rings is 1. The summed E-state index contributed by atoms with van der Waals surface area (Å²) < 4.78 is 31.7. The van der Waals surface area contributed by atoms with Gasteiger partial charge in [0, 0.05) is 17.7 Å². The maximum atomic E-state index is 13.5. The first kappa shape index (κ1) is 12.4. The lowest BCUT2D eigenvalue weighted by Gasteiger charge is -2.13. The number of methoxy groups -OCH3 is 1. The van der Waals surface area contributed by atoms with Crippen molar-refractivity contribution in [2.45, 2.75) is 19.3 Å². The molecule has 0 amide bonds. The summed E-state index contributed by atoms with van der Waals surface area (Å²) in [5, 5.41) is 8.84. The lowest BCUT2D eigenvalue weighted by atomic mass is 9.95. The summed E-state index contributed by atoms with van der Waals surface area (Å²) in [7, 11) is 1.28. The van der Waals surface area contributed by atoms with Crippen molar-refractivity contribution in [3.63, 3.8) is 0 Å². The van der Waals surface area contributed by atoms with Gasteiger partial charge in [0.15, 0.2) is 0 Å². The average molecular weight is 230 g/mol. The van der Waals surface area contributed by atoms with Gasteiger partial charge >= 0.3 is 5.97 Å². The lowest BCUT2D eigenvalue weighted by Crippen LogP contribution is -2.14. The molecule has 0 aliphatic carbocycles. The van der Waals surface area contributed by atoms with E-state index >= 15 is 0 Å². The van der Waals surface area contributed by atoms with Crippen molar-refractivity contribution in [1.29, 1.82) is 0 Å².